The topological polar surface area (TPSA) is 152 Å². The van der Waals surface area contributed by atoms with Gasteiger partial charge in [-0.25, -0.2) is 0 Å². The lowest BCUT2D eigenvalue weighted by Crippen LogP contribution is -2.59. The number of carbonyl (C=O) groups is 2. The fraction of sp³-hybridized carbons (Fsp3) is 0.667. The Labute approximate surface area is 350 Å². The summed E-state index contributed by atoms with van der Waals surface area (Å²) in [6.45, 7) is 3.11. The van der Waals surface area contributed by atoms with Crippen molar-refractivity contribution >= 4 is 11.9 Å². The van der Waals surface area contributed by atoms with Crippen molar-refractivity contribution in [2.45, 2.75) is 185 Å². The first-order chi connectivity index (χ1) is 28.3. The number of unbranched alkanes of at least 4 members (excludes halogenated alkanes) is 13. The number of rotatable bonds is 35. The largest absolute Gasteiger partial charge is 0.462 e. The molecule has 1 aliphatic rings. The van der Waals surface area contributed by atoms with Crippen molar-refractivity contribution in [3.05, 3.63) is 85.1 Å². The molecule has 1 saturated heterocycles. The zero-order valence-electron chi connectivity index (χ0n) is 35.8. The molecule has 0 radical (unpaired) electrons. The summed E-state index contributed by atoms with van der Waals surface area (Å²) in [5.74, 6) is -0.865. The summed E-state index contributed by atoms with van der Waals surface area (Å²) in [4.78, 5) is 25.3. The number of hydrogen-bond acceptors (Lipinski definition) is 10. The molecule has 1 rings (SSSR count). The maximum Gasteiger partial charge on any atom is 0.306 e. The van der Waals surface area contributed by atoms with Crippen molar-refractivity contribution in [1.29, 1.82) is 0 Å². The maximum absolute atomic E-state index is 12.7. The Kier molecular flexibility index (Phi) is 34.8. The zero-order chi connectivity index (χ0) is 42.3. The van der Waals surface area contributed by atoms with E-state index in [1.807, 2.05) is 36.5 Å². The normalized spacial score (nSPS) is 21.0. The quantitative estimate of drug-likeness (QED) is 0.0211. The second-order valence-electron chi connectivity index (χ2n) is 14.8. The molecule has 6 atom stereocenters. The van der Waals surface area contributed by atoms with Crippen molar-refractivity contribution in [3.63, 3.8) is 0 Å². The summed E-state index contributed by atoms with van der Waals surface area (Å²) < 4.78 is 22.1. The lowest BCUT2D eigenvalue weighted by atomic mass is 9.99. The van der Waals surface area contributed by atoms with Gasteiger partial charge in [0, 0.05) is 12.8 Å². The van der Waals surface area contributed by atoms with E-state index in [1.165, 1.54) is 38.5 Å². The third-order valence-electron chi connectivity index (χ3n) is 9.62. The molecule has 10 nitrogen and oxygen atoms in total. The summed E-state index contributed by atoms with van der Waals surface area (Å²) in [6, 6.07) is 0. The summed E-state index contributed by atoms with van der Waals surface area (Å²) in [6.07, 6.45) is 41.7. The van der Waals surface area contributed by atoms with E-state index in [-0.39, 0.29) is 26.1 Å². The minimum absolute atomic E-state index is 0.178. The predicted molar refractivity (Wildman–Crippen MR) is 233 cm³/mol. The van der Waals surface area contributed by atoms with E-state index in [4.69, 9.17) is 18.9 Å². The Hall–Kier alpha value is -3.12. The van der Waals surface area contributed by atoms with Crippen LogP contribution in [-0.2, 0) is 28.5 Å². The second-order valence-corrected chi connectivity index (χ2v) is 14.8. The summed E-state index contributed by atoms with van der Waals surface area (Å²) in [7, 11) is 0. The maximum atomic E-state index is 12.7. The molecule has 3 unspecified atom stereocenters. The number of ether oxygens (including phenoxy) is 4. The molecule has 0 aliphatic carbocycles. The van der Waals surface area contributed by atoms with Crippen LogP contribution in [0.15, 0.2) is 85.1 Å². The molecular weight excluding hydrogens is 737 g/mol. The minimum Gasteiger partial charge on any atom is -0.462 e. The molecule has 0 amide bonds. The van der Waals surface area contributed by atoms with Crippen LogP contribution in [0, 0.1) is 0 Å². The van der Waals surface area contributed by atoms with Crippen molar-refractivity contribution in [3.8, 4) is 0 Å². The monoisotopic (exact) mass is 815 g/mol. The summed E-state index contributed by atoms with van der Waals surface area (Å²) >= 11 is 0. The Bertz CT molecular complexity index is 1220. The van der Waals surface area contributed by atoms with Gasteiger partial charge >= 0.3 is 11.9 Å². The number of esters is 2. The Balaban J connectivity index is 2.33. The first-order valence-electron chi connectivity index (χ1n) is 22.2. The van der Waals surface area contributed by atoms with Gasteiger partial charge < -0.3 is 39.4 Å². The van der Waals surface area contributed by atoms with Crippen molar-refractivity contribution in [1.82, 2.24) is 0 Å². The molecule has 1 heterocycles. The molecule has 0 aromatic rings. The van der Waals surface area contributed by atoms with Crippen LogP contribution in [0.5, 0.6) is 0 Å². The van der Waals surface area contributed by atoms with Gasteiger partial charge in [-0.05, 0) is 64.2 Å². The molecule has 0 aromatic carbocycles. The summed E-state index contributed by atoms with van der Waals surface area (Å²) in [5.41, 5.74) is 0. The van der Waals surface area contributed by atoms with Crippen LogP contribution in [-0.4, -0.2) is 89.0 Å². The average Bonchev–Trinajstić information content (AvgIpc) is 3.22. The molecule has 10 heteroatoms. The van der Waals surface area contributed by atoms with Crippen LogP contribution >= 0.6 is 0 Å². The predicted octanol–water partition coefficient (Wildman–Crippen LogP) is 9.38. The number of hydrogen-bond donors (Lipinski definition) is 4. The molecule has 58 heavy (non-hydrogen) atoms. The van der Waals surface area contributed by atoms with Gasteiger partial charge in [0.05, 0.1) is 13.2 Å². The lowest BCUT2D eigenvalue weighted by Gasteiger charge is -2.39. The van der Waals surface area contributed by atoms with E-state index in [0.717, 1.165) is 70.6 Å². The zero-order valence-corrected chi connectivity index (χ0v) is 35.8. The van der Waals surface area contributed by atoms with Crippen molar-refractivity contribution in [2.24, 2.45) is 0 Å². The minimum atomic E-state index is -1.61. The highest BCUT2D eigenvalue weighted by Gasteiger charge is 2.44. The Morgan fingerprint density at radius 1 is 0.552 bits per heavy atom. The fourth-order valence-electron chi connectivity index (χ4n) is 6.15. The number of aliphatic hydroxyl groups is 4. The molecule has 0 aromatic heterocycles. The smallest absolute Gasteiger partial charge is 0.306 e. The van der Waals surface area contributed by atoms with Crippen LogP contribution in [0.2, 0.25) is 0 Å². The molecule has 1 aliphatic heterocycles. The molecule has 0 spiro atoms. The van der Waals surface area contributed by atoms with Gasteiger partial charge in [-0.1, -0.05) is 157 Å². The third-order valence-corrected chi connectivity index (χ3v) is 9.62. The van der Waals surface area contributed by atoms with Gasteiger partial charge in [0.25, 0.3) is 0 Å². The third kappa shape index (κ3) is 29.1. The highest BCUT2D eigenvalue weighted by atomic mass is 16.7. The number of allylic oxidation sites excluding steroid dienone is 14. The van der Waals surface area contributed by atoms with E-state index >= 15 is 0 Å². The first kappa shape index (κ1) is 52.9. The van der Waals surface area contributed by atoms with Gasteiger partial charge in [0.15, 0.2) is 12.4 Å². The van der Waals surface area contributed by atoms with E-state index in [1.54, 1.807) is 0 Å². The number of aliphatic hydroxyl groups excluding tert-OH is 4. The fourth-order valence-corrected chi connectivity index (χ4v) is 6.15. The van der Waals surface area contributed by atoms with E-state index < -0.39 is 55.4 Å². The standard InChI is InChI=1S/C48H78O10/c1-3-5-7-9-11-13-15-17-18-19-20-21-22-23-25-26-28-30-32-34-36-43(50)55-39-41(40-56-48-47(54)46(53)45(52)42(38-49)58-48)57-44(51)37-35-33-31-29-27-24-16-14-12-10-8-6-4-2/h5-8,10-14,16-18,24,27,41-42,45-49,52-54H,3-4,9,15,19-23,25-26,28-40H2,1-2H3/b7-5+,8-6+,12-10+,13-11+,16-14+,18-17+,27-24+/t41?,42-,45+,46?,47?,48-/m0/s1. The Morgan fingerprint density at radius 3 is 1.67 bits per heavy atom. The van der Waals surface area contributed by atoms with Gasteiger partial charge in [-0.3, -0.25) is 9.59 Å². The highest BCUT2D eigenvalue weighted by Crippen LogP contribution is 2.22. The molecule has 0 bridgehead atoms. The van der Waals surface area contributed by atoms with Crippen molar-refractivity contribution < 1.29 is 49.0 Å². The van der Waals surface area contributed by atoms with Gasteiger partial charge in [-0.15, -0.1) is 0 Å². The first-order valence-corrected chi connectivity index (χ1v) is 22.2. The lowest BCUT2D eigenvalue weighted by molar-refractivity contribution is -0.305. The molecule has 1 fully saturated rings. The summed E-state index contributed by atoms with van der Waals surface area (Å²) in [5, 5.41) is 40.0. The van der Waals surface area contributed by atoms with Crippen molar-refractivity contribution in [2.75, 3.05) is 19.8 Å². The SMILES string of the molecule is CC/C=C/C=C/C=C/C=C/CCCCCC(=O)OC(COC(=O)CCCCCCCCCCCC/C=C/C/C=C/C/C=C/CC)CO[C@H]1O[C@@H](CO)[C@@H](O)C(O)C1O. The second kappa shape index (κ2) is 38.1. The average molecular weight is 815 g/mol. The highest BCUT2D eigenvalue weighted by molar-refractivity contribution is 5.70. The van der Waals surface area contributed by atoms with E-state index in [9.17, 15) is 30.0 Å². The van der Waals surface area contributed by atoms with Crippen LogP contribution in [0.1, 0.15) is 149 Å². The van der Waals surface area contributed by atoms with Crippen LogP contribution in [0.4, 0.5) is 0 Å². The van der Waals surface area contributed by atoms with Gasteiger partial charge in [0.1, 0.15) is 31.0 Å². The van der Waals surface area contributed by atoms with Crippen LogP contribution in [0.25, 0.3) is 0 Å². The van der Waals surface area contributed by atoms with E-state index in [2.05, 4.69) is 62.5 Å². The van der Waals surface area contributed by atoms with E-state index in [0.29, 0.717) is 12.8 Å². The van der Waals surface area contributed by atoms with Gasteiger partial charge in [0.2, 0.25) is 0 Å². The Morgan fingerprint density at radius 2 is 1.05 bits per heavy atom. The molecule has 0 saturated carbocycles. The molecular formula is C48H78O10. The number of carbonyl (C=O) groups excluding carboxylic acids is 2. The van der Waals surface area contributed by atoms with Gasteiger partial charge in [-0.2, -0.15) is 0 Å². The molecule has 330 valence electrons. The molecule has 4 N–H and O–H groups in total. The van der Waals surface area contributed by atoms with Crippen LogP contribution in [0.3, 0.4) is 0 Å². The van der Waals surface area contributed by atoms with Crippen LogP contribution < -0.4 is 0 Å².